The van der Waals surface area contributed by atoms with Gasteiger partial charge in [-0.25, -0.2) is 0 Å². The number of hydrogen-bond donors (Lipinski definition) is 2. The summed E-state index contributed by atoms with van der Waals surface area (Å²) < 4.78 is 1.13. The van der Waals surface area contributed by atoms with Crippen molar-refractivity contribution in [3.63, 3.8) is 0 Å². The Kier molecular flexibility index (Phi) is 7.20. The van der Waals surface area contributed by atoms with E-state index in [-0.39, 0.29) is 0 Å². The summed E-state index contributed by atoms with van der Waals surface area (Å²) in [6.07, 6.45) is 2.42. The Balaban J connectivity index is 1.51. The number of anilines is 1. The molecule has 26 heavy (non-hydrogen) atoms. The molecule has 2 atom stereocenters. The van der Waals surface area contributed by atoms with Crippen molar-refractivity contribution in [2.24, 2.45) is 10.9 Å². The van der Waals surface area contributed by atoms with E-state index < -0.39 is 0 Å². The first-order valence-corrected chi connectivity index (χ1v) is 10.7. The third-order valence-corrected chi connectivity index (χ3v) is 5.92. The number of aliphatic imine (C=N–C) groups is 1. The third-order valence-electron chi connectivity index (χ3n) is 5.39. The van der Waals surface area contributed by atoms with Gasteiger partial charge in [0, 0.05) is 48.9 Å². The van der Waals surface area contributed by atoms with Gasteiger partial charge in [-0.1, -0.05) is 22.9 Å². The maximum absolute atomic E-state index is 4.88. The van der Waals surface area contributed by atoms with Crippen molar-refractivity contribution in [1.82, 2.24) is 15.5 Å². The highest BCUT2D eigenvalue weighted by atomic mass is 79.9. The highest BCUT2D eigenvalue weighted by molar-refractivity contribution is 9.10. The molecule has 2 saturated heterocycles. The molecule has 1 aromatic carbocycles. The lowest BCUT2D eigenvalue weighted by molar-refractivity contribution is 0.343. The molecule has 2 aliphatic heterocycles. The van der Waals surface area contributed by atoms with Crippen molar-refractivity contribution in [3.8, 4) is 0 Å². The Morgan fingerprint density at radius 2 is 1.96 bits per heavy atom. The molecule has 0 radical (unpaired) electrons. The number of nitrogens with zero attached hydrogens (tertiary/aromatic N) is 3. The highest BCUT2D eigenvalue weighted by Gasteiger charge is 2.24. The van der Waals surface area contributed by atoms with Crippen LogP contribution in [0.2, 0.25) is 0 Å². The van der Waals surface area contributed by atoms with Crippen molar-refractivity contribution in [2.75, 3.05) is 50.7 Å². The Bertz CT molecular complexity index is 588. The van der Waals surface area contributed by atoms with Gasteiger partial charge in [0.1, 0.15) is 0 Å². The van der Waals surface area contributed by atoms with Gasteiger partial charge in [-0.05, 0) is 63.0 Å². The summed E-state index contributed by atoms with van der Waals surface area (Å²) in [7, 11) is 0. The van der Waals surface area contributed by atoms with E-state index in [2.05, 4.69) is 74.5 Å². The molecule has 0 aromatic heterocycles. The van der Waals surface area contributed by atoms with Crippen LogP contribution in [0, 0.1) is 5.92 Å². The number of benzene rings is 1. The first kappa shape index (κ1) is 19.5. The highest BCUT2D eigenvalue weighted by Crippen LogP contribution is 2.22. The van der Waals surface area contributed by atoms with E-state index in [1.807, 2.05) is 0 Å². The Morgan fingerprint density at radius 3 is 2.65 bits per heavy atom. The molecule has 0 amide bonds. The van der Waals surface area contributed by atoms with Gasteiger partial charge in [0.15, 0.2) is 5.96 Å². The number of guanidine groups is 1. The normalized spacial score (nSPS) is 24.3. The number of halogens is 1. The number of rotatable bonds is 6. The molecule has 1 aromatic rings. The lowest BCUT2D eigenvalue weighted by atomic mass is 10.1. The minimum Gasteiger partial charge on any atom is -0.369 e. The Morgan fingerprint density at radius 1 is 1.15 bits per heavy atom. The standard InChI is InChI=1S/C20H32BrN5/c1-3-22-20(23-13-16-9-11-25(4-2)14-16)24-18-10-12-26(15-18)19-7-5-17(21)6-8-19/h5-8,16,18H,3-4,9-15H2,1-2H3,(H2,22,23,24). The third kappa shape index (κ3) is 5.36. The second kappa shape index (κ2) is 9.60. The lowest BCUT2D eigenvalue weighted by Gasteiger charge is -2.21. The van der Waals surface area contributed by atoms with Crippen LogP contribution in [-0.2, 0) is 0 Å². The van der Waals surface area contributed by atoms with Gasteiger partial charge in [0.05, 0.1) is 0 Å². The van der Waals surface area contributed by atoms with Crippen LogP contribution < -0.4 is 15.5 Å². The summed E-state index contributed by atoms with van der Waals surface area (Å²) in [5, 5.41) is 7.07. The summed E-state index contributed by atoms with van der Waals surface area (Å²) in [5.74, 6) is 1.68. The predicted octanol–water partition coefficient (Wildman–Crippen LogP) is 2.92. The van der Waals surface area contributed by atoms with E-state index in [1.165, 1.54) is 25.2 Å². The monoisotopic (exact) mass is 421 g/mol. The van der Waals surface area contributed by atoms with Crippen LogP contribution >= 0.6 is 15.9 Å². The fraction of sp³-hybridized carbons (Fsp3) is 0.650. The molecule has 2 N–H and O–H groups in total. The average Bonchev–Trinajstić information content (AvgIpc) is 3.30. The van der Waals surface area contributed by atoms with E-state index >= 15 is 0 Å². The molecule has 0 saturated carbocycles. The first-order valence-electron chi connectivity index (χ1n) is 9.95. The number of nitrogens with one attached hydrogen (secondary N) is 2. The fourth-order valence-corrected chi connectivity index (χ4v) is 4.11. The van der Waals surface area contributed by atoms with Crippen LogP contribution in [0.15, 0.2) is 33.7 Å². The van der Waals surface area contributed by atoms with Crippen molar-refractivity contribution in [3.05, 3.63) is 28.7 Å². The van der Waals surface area contributed by atoms with Crippen LogP contribution in [-0.4, -0.2) is 62.7 Å². The van der Waals surface area contributed by atoms with Gasteiger partial charge in [0.2, 0.25) is 0 Å². The van der Waals surface area contributed by atoms with E-state index in [0.29, 0.717) is 12.0 Å². The van der Waals surface area contributed by atoms with Crippen molar-refractivity contribution >= 4 is 27.6 Å². The molecule has 0 spiro atoms. The molecule has 6 heteroatoms. The van der Waals surface area contributed by atoms with Crippen LogP contribution in [0.4, 0.5) is 5.69 Å². The second-order valence-electron chi connectivity index (χ2n) is 7.32. The van der Waals surface area contributed by atoms with Gasteiger partial charge in [0.25, 0.3) is 0 Å². The maximum atomic E-state index is 4.88. The fourth-order valence-electron chi connectivity index (χ4n) is 3.85. The molecule has 0 bridgehead atoms. The minimum atomic E-state index is 0.451. The van der Waals surface area contributed by atoms with E-state index in [0.717, 1.165) is 49.6 Å². The molecule has 2 unspecified atom stereocenters. The molecule has 2 fully saturated rings. The quantitative estimate of drug-likeness (QED) is 0.547. The molecular formula is C20H32BrN5. The molecule has 2 heterocycles. The Labute approximate surface area is 166 Å². The molecule has 0 aliphatic carbocycles. The summed E-state index contributed by atoms with van der Waals surface area (Å²) in [5.41, 5.74) is 1.30. The van der Waals surface area contributed by atoms with E-state index in [4.69, 9.17) is 4.99 Å². The zero-order valence-corrected chi connectivity index (χ0v) is 17.6. The zero-order valence-electron chi connectivity index (χ0n) is 16.0. The topological polar surface area (TPSA) is 42.9 Å². The van der Waals surface area contributed by atoms with Gasteiger partial charge < -0.3 is 20.4 Å². The summed E-state index contributed by atoms with van der Waals surface area (Å²) in [6.45, 7) is 11.9. The number of likely N-dealkylation sites (tertiary alicyclic amines) is 1. The molecule has 3 rings (SSSR count). The largest absolute Gasteiger partial charge is 0.369 e. The van der Waals surface area contributed by atoms with Gasteiger partial charge in [-0.2, -0.15) is 0 Å². The predicted molar refractivity (Wildman–Crippen MR) is 114 cm³/mol. The van der Waals surface area contributed by atoms with Gasteiger partial charge in [-0.3, -0.25) is 4.99 Å². The van der Waals surface area contributed by atoms with Crippen LogP contribution in [0.1, 0.15) is 26.7 Å². The van der Waals surface area contributed by atoms with Crippen molar-refractivity contribution in [1.29, 1.82) is 0 Å². The summed E-state index contributed by atoms with van der Waals surface area (Å²) in [6, 6.07) is 9.05. The smallest absolute Gasteiger partial charge is 0.191 e. The summed E-state index contributed by atoms with van der Waals surface area (Å²) >= 11 is 3.51. The van der Waals surface area contributed by atoms with Crippen LogP contribution in [0.25, 0.3) is 0 Å². The zero-order chi connectivity index (χ0) is 18.4. The van der Waals surface area contributed by atoms with Crippen molar-refractivity contribution in [2.45, 2.75) is 32.7 Å². The molecule has 2 aliphatic rings. The van der Waals surface area contributed by atoms with Crippen LogP contribution in [0.5, 0.6) is 0 Å². The van der Waals surface area contributed by atoms with E-state index in [9.17, 15) is 0 Å². The SMILES string of the molecule is CCNC(=NCC1CCN(CC)C1)NC1CCN(c2ccc(Br)cc2)C1. The second-order valence-corrected chi connectivity index (χ2v) is 8.24. The van der Waals surface area contributed by atoms with Crippen molar-refractivity contribution < 1.29 is 0 Å². The average molecular weight is 422 g/mol. The number of hydrogen-bond acceptors (Lipinski definition) is 3. The molecule has 144 valence electrons. The van der Waals surface area contributed by atoms with E-state index in [1.54, 1.807) is 0 Å². The molecular weight excluding hydrogens is 390 g/mol. The van der Waals surface area contributed by atoms with Gasteiger partial charge >= 0.3 is 0 Å². The maximum Gasteiger partial charge on any atom is 0.191 e. The molecule has 5 nitrogen and oxygen atoms in total. The first-order chi connectivity index (χ1) is 12.7. The summed E-state index contributed by atoms with van der Waals surface area (Å²) in [4.78, 5) is 9.85. The van der Waals surface area contributed by atoms with Gasteiger partial charge in [-0.15, -0.1) is 0 Å². The van der Waals surface area contributed by atoms with Crippen LogP contribution in [0.3, 0.4) is 0 Å². The Hall–Kier alpha value is -1.27. The minimum absolute atomic E-state index is 0.451. The lowest BCUT2D eigenvalue weighted by Crippen LogP contribution is -2.45.